The van der Waals surface area contributed by atoms with E-state index in [0.717, 1.165) is 12.1 Å². The summed E-state index contributed by atoms with van der Waals surface area (Å²) < 4.78 is 39.4. The van der Waals surface area contributed by atoms with Crippen LogP contribution >= 0.6 is 0 Å². The molecule has 122 valence electrons. The molecular weight excluding hydrogens is 311 g/mol. The highest BCUT2D eigenvalue weighted by atomic mass is 19.4. The summed E-state index contributed by atoms with van der Waals surface area (Å²) in [4.78, 5) is 13.9. The van der Waals surface area contributed by atoms with Crippen molar-refractivity contribution in [3.05, 3.63) is 41.7 Å². The third-order valence-corrected chi connectivity index (χ3v) is 3.55. The van der Waals surface area contributed by atoms with E-state index in [9.17, 15) is 18.0 Å². The molecule has 9 heteroatoms. The molecule has 1 aromatic heterocycles. The smallest absolute Gasteiger partial charge is 0.335 e. The van der Waals surface area contributed by atoms with Crippen molar-refractivity contribution < 1.29 is 18.0 Å². The molecule has 1 aliphatic heterocycles. The summed E-state index contributed by atoms with van der Waals surface area (Å²) in [7, 11) is 0. The van der Waals surface area contributed by atoms with Gasteiger partial charge in [0.05, 0.1) is 17.4 Å². The average molecular weight is 325 g/mol. The zero-order valence-electron chi connectivity index (χ0n) is 12.0. The van der Waals surface area contributed by atoms with Crippen molar-refractivity contribution >= 4 is 5.91 Å². The first-order valence-electron chi connectivity index (χ1n) is 7.05. The number of aromatic nitrogens is 3. The first-order valence-corrected chi connectivity index (χ1v) is 7.05. The van der Waals surface area contributed by atoms with E-state index < -0.39 is 11.7 Å². The van der Waals surface area contributed by atoms with Gasteiger partial charge in [-0.25, -0.2) is 4.68 Å². The quantitative estimate of drug-likeness (QED) is 0.905. The first kappa shape index (κ1) is 15.5. The molecule has 2 heterocycles. The number of piperazine rings is 1. The lowest BCUT2D eigenvalue weighted by atomic mass is 10.2. The highest BCUT2D eigenvalue weighted by molar-refractivity contribution is 5.92. The topological polar surface area (TPSA) is 63.1 Å². The lowest BCUT2D eigenvalue weighted by molar-refractivity contribution is -0.137. The van der Waals surface area contributed by atoms with E-state index in [4.69, 9.17) is 0 Å². The Labute approximate surface area is 129 Å². The van der Waals surface area contributed by atoms with Gasteiger partial charge in [0.25, 0.3) is 5.91 Å². The van der Waals surface area contributed by atoms with Gasteiger partial charge >= 0.3 is 6.18 Å². The second-order valence-corrected chi connectivity index (χ2v) is 5.14. The molecule has 0 bridgehead atoms. The van der Waals surface area contributed by atoms with Crippen LogP contribution in [0.4, 0.5) is 13.2 Å². The van der Waals surface area contributed by atoms with Crippen molar-refractivity contribution in [3.8, 4) is 5.69 Å². The maximum absolute atomic E-state index is 12.7. The number of hydrogen-bond donors (Lipinski definition) is 1. The van der Waals surface area contributed by atoms with Crippen molar-refractivity contribution in [2.75, 3.05) is 26.2 Å². The lowest BCUT2D eigenvalue weighted by Gasteiger charge is -2.26. The van der Waals surface area contributed by atoms with Crippen molar-refractivity contribution in [1.82, 2.24) is 25.2 Å². The number of amides is 1. The third kappa shape index (κ3) is 3.34. The van der Waals surface area contributed by atoms with Gasteiger partial charge in [-0.2, -0.15) is 13.2 Å². The van der Waals surface area contributed by atoms with Crippen LogP contribution in [-0.4, -0.2) is 52.0 Å². The Hall–Kier alpha value is -2.42. The van der Waals surface area contributed by atoms with Gasteiger partial charge in [-0.15, -0.1) is 5.10 Å². The Morgan fingerprint density at radius 1 is 1.22 bits per heavy atom. The van der Waals surface area contributed by atoms with Crippen LogP contribution in [0, 0.1) is 0 Å². The summed E-state index contributed by atoms with van der Waals surface area (Å²) in [6, 6.07) is 4.71. The predicted molar refractivity (Wildman–Crippen MR) is 75.1 cm³/mol. The van der Waals surface area contributed by atoms with Crippen LogP contribution in [0.3, 0.4) is 0 Å². The van der Waals surface area contributed by atoms with Gasteiger partial charge < -0.3 is 10.2 Å². The molecule has 0 spiro atoms. The molecule has 1 amide bonds. The minimum atomic E-state index is -4.43. The Kier molecular flexibility index (Phi) is 4.03. The number of halogens is 3. The van der Waals surface area contributed by atoms with Gasteiger partial charge in [0.2, 0.25) is 0 Å². The zero-order chi connectivity index (χ0) is 16.4. The number of carbonyl (C=O) groups excluding carboxylic acids is 1. The van der Waals surface area contributed by atoms with Gasteiger partial charge in [0.15, 0.2) is 5.69 Å². The Morgan fingerprint density at radius 3 is 2.65 bits per heavy atom. The second kappa shape index (κ2) is 5.99. The zero-order valence-corrected chi connectivity index (χ0v) is 12.0. The molecule has 1 aliphatic rings. The Balaban J connectivity index is 1.83. The number of carbonyl (C=O) groups is 1. The maximum atomic E-state index is 12.7. The van der Waals surface area contributed by atoms with Crippen LogP contribution < -0.4 is 5.32 Å². The molecule has 2 aromatic rings. The Bertz CT molecular complexity index is 706. The van der Waals surface area contributed by atoms with E-state index >= 15 is 0 Å². The standard InChI is InChI=1S/C14H14F3N5O/c15-14(16,17)10-2-1-3-11(8-10)22-9-12(19-20-22)13(23)21-6-4-18-5-7-21/h1-3,8-9,18H,4-7H2. The normalized spacial score (nSPS) is 15.7. The van der Waals surface area contributed by atoms with Crippen molar-refractivity contribution in [1.29, 1.82) is 0 Å². The molecule has 1 saturated heterocycles. The second-order valence-electron chi connectivity index (χ2n) is 5.14. The molecule has 23 heavy (non-hydrogen) atoms. The molecule has 0 saturated carbocycles. The first-order chi connectivity index (χ1) is 10.9. The van der Waals surface area contributed by atoms with Crippen LogP contribution in [0.2, 0.25) is 0 Å². The van der Waals surface area contributed by atoms with Crippen molar-refractivity contribution in [2.45, 2.75) is 6.18 Å². The van der Waals surface area contributed by atoms with E-state index in [2.05, 4.69) is 15.6 Å². The monoisotopic (exact) mass is 325 g/mol. The number of rotatable bonds is 2. The molecule has 0 unspecified atom stereocenters. The molecule has 0 atom stereocenters. The fourth-order valence-corrected chi connectivity index (χ4v) is 2.34. The van der Waals surface area contributed by atoms with E-state index in [0.29, 0.717) is 26.2 Å². The molecule has 0 aliphatic carbocycles. The molecule has 3 rings (SSSR count). The highest BCUT2D eigenvalue weighted by Gasteiger charge is 2.30. The van der Waals surface area contributed by atoms with E-state index in [1.807, 2.05) is 0 Å². The van der Waals surface area contributed by atoms with Crippen LogP contribution in [-0.2, 0) is 6.18 Å². The Morgan fingerprint density at radius 2 is 1.96 bits per heavy atom. The van der Waals surface area contributed by atoms with E-state index in [1.54, 1.807) is 4.90 Å². The van der Waals surface area contributed by atoms with Gasteiger partial charge in [0.1, 0.15) is 0 Å². The number of nitrogens with one attached hydrogen (secondary N) is 1. The fourth-order valence-electron chi connectivity index (χ4n) is 2.34. The largest absolute Gasteiger partial charge is 0.416 e. The number of nitrogens with zero attached hydrogens (tertiary/aromatic N) is 4. The summed E-state index contributed by atoms with van der Waals surface area (Å²) in [6.45, 7) is 2.53. The van der Waals surface area contributed by atoms with Crippen molar-refractivity contribution in [3.63, 3.8) is 0 Å². The minimum absolute atomic E-state index is 0.115. The van der Waals surface area contributed by atoms with Crippen LogP contribution in [0.15, 0.2) is 30.5 Å². The van der Waals surface area contributed by atoms with Gasteiger partial charge in [-0.1, -0.05) is 11.3 Å². The predicted octanol–water partition coefficient (Wildman–Crippen LogP) is 1.33. The highest BCUT2D eigenvalue weighted by Crippen LogP contribution is 2.30. The average Bonchev–Trinajstić information content (AvgIpc) is 3.04. The maximum Gasteiger partial charge on any atom is 0.416 e. The number of benzene rings is 1. The third-order valence-electron chi connectivity index (χ3n) is 3.55. The molecule has 6 nitrogen and oxygen atoms in total. The SMILES string of the molecule is O=C(c1cn(-c2cccc(C(F)(F)F)c2)nn1)N1CCNCC1. The van der Waals surface area contributed by atoms with Gasteiger partial charge in [0, 0.05) is 26.2 Å². The van der Waals surface area contributed by atoms with Gasteiger partial charge in [-0.3, -0.25) is 4.79 Å². The van der Waals surface area contributed by atoms with Crippen molar-refractivity contribution in [2.24, 2.45) is 0 Å². The number of alkyl halides is 3. The lowest BCUT2D eigenvalue weighted by Crippen LogP contribution is -2.46. The summed E-state index contributed by atoms with van der Waals surface area (Å²) in [5, 5.41) is 10.7. The summed E-state index contributed by atoms with van der Waals surface area (Å²) >= 11 is 0. The van der Waals surface area contributed by atoms with Gasteiger partial charge in [-0.05, 0) is 18.2 Å². The number of hydrogen-bond acceptors (Lipinski definition) is 4. The summed E-state index contributed by atoms with van der Waals surface area (Å²) in [5.41, 5.74) is -0.462. The van der Waals surface area contributed by atoms with E-state index in [1.165, 1.54) is 23.0 Å². The summed E-state index contributed by atoms with van der Waals surface area (Å²) in [6.07, 6.45) is -3.09. The van der Waals surface area contributed by atoms with Crippen LogP contribution in [0.25, 0.3) is 5.69 Å². The summed E-state index contributed by atoms with van der Waals surface area (Å²) in [5.74, 6) is -0.273. The molecule has 0 radical (unpaired) electrons. The van der Waals surface area contributed by atoms with E-state index in [-0.39, 0.29) is 17.3 Å². The fraction of sp³-hybridized carbons (Fsp3) is 0.357. The minimum Gasteiger partial charge on any atom is -0.335 e. The molecule has 1 fully saturated rings. The molecule has 1 N–H and O–H groups in total. The molecule has 1 aromatic carbocycles. The van der Waals surface area contributed by atoms with Crippen LogP contribution in [0.5, 0.6) is 0 Å². The molecular formula is C14H14F3N5O. The van der Waals surface area contributed by atoms with Crippen LogP contribution in [0.1, 0.15) is 16.1 Å².